The van der Waals surface area contributed by atoms with Gasteiger partial charge in [0.2, 0.25) is 0 Å². The van der Waals surface area contributed by atoms with E-state index in [9.17, 15) is 19.8 Å². The zero-order valence-electron chi connectivity index (χ0n) is 9.50. The number of carbonyl (C=O) groups excluding carboxylic acids is 1. The Morgan fingerprint density at radius 1 is 1.37 bits per heavy atom. The molecular weight excluding hydrogens is 256 g/mol. The number of H-pyrrole nitrogens is 1. The van der Waals surface area contributed by atoms with Crippen LogP contribution < -0.4 is 5.56 Å². The minimum absolute atomic E-state index is 0.0855. The third-order valence-electron chi connectivity index (χ3n) is 3.05. The Bertz CT molecular complexity index is 680. The van der Waals surface area contributed by atoms with E-state index >= 15 is 0 Å². The van der Waals surface area contributed by atoms with Crippen molar-refractivity contribution >= 4 is 17.5 Å². The minimum Gasteiger partial charge on any atom is -0.387 e. The highest BCUT2D eigenvalue weighted by Crippen LogP contribution is 2.29. The van der Waals surface area contributed by atoms with Gasteiger partial charge in [0.25, 0.3) is 5.56 Å². The summed E-state index contributed by atoms with van der Waals surface area (Å²) in [4.78, 5) is 32.4. The first kappa shape index (κ1) is 12.0. The van der Waals surface area contributed by atoms with Crippen LogP contribution in [-0.2, 0) is 9.53 Å². The maximum absolute atomic E-state index is 11.5. The second-order valence-corrected chi connectivity index (χ2v) is 4.16. The Kier molecular flexibility index (Phi) is 2.66. The van der Waals surface area contributed by atoms with Gasteiger partial charge in [-0.2, -0.15) is 0 Å². The Hall–Kier alpha value is -2.10. The molecule has 0 amide bonds. The third kappa shape index (κ3) is 1.67. The Morgan fingerprint density at radius 3 is 2.84 bits per heavy atom. The van der Waals surface area contributed by atoms with Gasteiger partial charge in [-0.25, -0.2) is 9.97 Å². The van der Waals surface area contributed by atoms with Crippen molar-refractivity contribution in [3.63, 3.8) is 0 Å². The fraction of sp³-hybridized carbons (Fsp3) is 0.400. The van der Waals surface area contributed by atoms with E-state index in [1.54, 1.807) is 0 Å². The normalized spacial score (nSPS) is 30.8. The lowest BCUT2D eigenvalue weighted by molar-refractivity contribution is -0.122. The summed E-state index contributed by atoms with van der Waals surface area (Å²) in [6.07, 6.45) is -1.93. The molecule has 0 bridgehead atoms. The quantitative estimate of drug-likeness (QED) is 0.532. The molecule has 9 nitrogen and oxygen atoms in total. The van der Waals surface area contributed by atoms with Crippen LogP contribution in [0.4, 0.5) is 0 Å². The number of nitrogens with one attached hydrogen (secondary N) is 1. The highest BCUT2D eigenvalue weighted by atomic mass is 16.6. The van der Waals surface area contributed by atoms with Crippen molar-refractivity contribution in [3.05, 3.63) is 23.0 Å². The molecule has 4 unspecified atom stereocenters. The Morgan fingerprint density at radius 2 is 2.16 bits per heavy atom. The van der Waals surface area contributed by atoms with Crippen molar-refractivity contribution in [2.24, 2.45) is 0 Å². The fourth-order valence-corrected chi connectivity index (χ4v) is 2.08. The summed E-state index contributed by atoms with van der Waals surface area (Å²) in [6, 6.07) is 0. The van der Waals surface area contributed by atoms with E-state index in [2.05, 4.69) is 15.0 Å². The van der Waals surface area contributed by atoms with Crippen LogP contribution in [0.5, 0.6) is 0 Å². The summed E-state index contributed by atoms with van der Waals surface area (Å²) >= 11 is 0. The molecule has 2 aromatic rings. The van der Waals surface area contributed by atoms with Gasteiger partial charge >= 0.3 is 0 Å². The van der Waals surface area contributed by atoms with Crippen LogP contribution >= 0.6 is 0 Å². The molecule has 3 heterocycles. The van der Waals surface area contributed by atoms with Crippen LogP contribution in [0.3, 0.4) is 0 Å². The number of aliphatic hydroxyl groups is 2. The first-order chi connectivity index (χ1) is 9.13. The molecule has 1 aliphatic rings. The van der Waals surface area contributed by atoms with E-state index in [4.69, 9.17) is 4.74 Å². The monoisotopic (exact) mass is 266 g/mol. The summed E-state index contributed by atoms with van der Waals surface area (Å²) in [5.74, 6) is 0. The molecule has 3 rings (SSSR count). The number of imidazole rings is 1. The van der Waals surface area contributed by atoms with Crippen molar-refractivity contribution in [1.82, 2.24) is 19.5 Å². The standard InChI is InChI=1S/C10H10N4O5/c15-1-4-6(16)7(17)10(19-4)14-3-13-5-8(14)11-2-12-9(5)18/h1-4,6-7,10,16-17H,(H,11,12,18). The molecule has 19 heavy (non-hydrogen) atoms. The Balaban J connectivity index is 2.08. The number of fused-ring (bicyclic) bond motifs is 1. The molecule has 1 aliphatic heterocycles. The van der Waals surface area contributed by atoms with Crippen molar-refractivity contribution in [3.8, 4) is 0 Å². The van der Waals surface area contributed by atoms with Crippen molar-refractivity contribution in [2.75, 3.05) is 0 Å². The molecule has 100 valence electrons. The van der Waals surface area contributed by atoms with Crippen LogP contribution in [-0.4, -0.2) is 54.3 Å². The highest BCUT2D eigenvalue weighted by molar-refractivity contribution is 5.69. The largest absolute Gasteiger partial charge is 0.387 e. The highest BCUT2D eigenvalue weighted by Gasteiger charge is 2.44. The van der Waals surface area contributed by atoms with Crippen LogP contribution in [0.25, 0.3) is 11.2 Å². The van der Waals surface area contributed by atoms with Crippen LogP contribution in [0.2, 0.25) is 0 Å². The summed E-state index contributed by atoms with van der Waals surface area (Å²) in [6.45, 7) is 0. The van der Waals surface area contributed by atoms with E-state index in [0.717, 1.165) is 0 Å². The Labute approximate surface area is 105 Å². The molecule has 0 saturated carbocycles. The van der Waals surface area contributed by atoms with Gasteiger partial charge in [0.05, 0.1) is 12.7 Å². The summed E-state index contributed by atoms with van der Waals surface area (Å²) in [5, 5.41) is 19.5. The second kappa shape index (κ2) is 4.23. The van der Waals surface area contributed by atoms with E-state index in [1.165, 1.54) is 17.2 Å². The van der Waals surface area contributed by atoms with Crippen LogP contribution in [0, 0.1) is 0 Å². The average molecular weight is 266 g/mol. The van der Waals surface area contributed by atoms with Gasteiger partial charge in [-0.05, 0) is 0 Å². The van der Waals surface area contributed by atoms with Crippen LogP contribution in [0.1, 0.15) is 6.23 Å². The van der Waals surface area contributed by atoms with Crippen molar-refractivity contribution in [1.29, 1.82) is 0 Å². The number of ether oxygens (including phenoxy) is 1. The second-order valence-electron chi connectivity index (χ2n) is 4.16. The first-order valence-corrected chi connectivity index (χ1v) is 5.50. The number of aliphatic hydroxyl groups excluding tert-OH is 2. The maximum atomic E-state index is 11.5. The third-order valence-corrected chi connectivity index (χ3v) is 3.05. The molecule has 1 fully saturated rings. The number of aromatic nitrogens is 4. The van der Waals surface area contributed by atoms with Gasteiger partial charge < -0.3 is 24.7 Å². The van der Waals surface area contributed by atoms with Gasteiger partial charge in [-0.3, -0.25) is 9.36 Å². The predicted octanol–water partition coefficient (Wildman–Crippen LogP) is -2.06. The molecular formula is C10H10N4O5. The first-order valence-electron chi connectivity index (χ1n) is 5.50. The fourth-order valence-electron chi connectivity index (χ4n) is 2.08. The molecule has 4 atom stereocenters. The SMILES string of the molecule is O=CC1OC(n2cnc3c(=O)[nH]cnc32)C(O)C1O. The number of aromatic amines is 1. The zero-order chi connectivity index (χ0) is 13.6. The van der Waals surface area contributed by atoms with E-state index in [1.807, 2.05) is 0 Å². The number of aldehydes is 1. The van der Waals surface area contributed by atoms with E-state index in [0.29, 0.717) is 6.29 Å². The molecule has 1 saturated heterocycles. The molecule has 0 radical (unpaired) electrons. The number of hydrogen-bond acceptors (Lipinski definition) is 7. The van der Waals surface area contributed by atoms with Gasteiger partial charge in [0, 0.05) is 0 Å². The lowest BCUT2D eigenvalue weighted by atomic mass is 10.1. The smallest absolute Gasteiger partial charge is 0.278 e. The zero-order valence-corrected chi connectivity index (χ0v) is 9.50. The average Bonchev–Trinajstić information content (AvgIpc) is 2.94. The van der Waals surface area contributed by atoms with Gasteiger partial charge in [0.15, 0.2) is 23.7 Å². The molecule has 0 aliphatic carbocycles. The predicted molar refractivity (Wildman–Crippen MR) is 60.1 cm³/mol. The molecule has 0 aromatic carbocycles. The van der Waals surface area contributed by atoms with E-state index in [-0.39, 0.29) is 11.2 Å². The molecule has 2 aromatic heterocycles. The molecule has 0 spiro atoms. The number of rotatable bonds is 2. The van der Waals surface area contributed by atoms with Crippen molar-refractivity contribution in [2.45, 2.75) is 24.5 Å². The lowest BCUT2D eigenvalue weighted by Crippen LogP contribution is -2.32. The molecule has 3 N–H and O–H groups in total. The van der Waals surface area contributed by atoms with Gasteiger partial charge in [0.1, 0.15) is 18.3 Å². The molecule has 9 heteroatoms. The van der Waals surface area contributed by atoms with Crippen molar-refractivity contribution < 1.29 is 19.7 Å². The minimum atomic E-state index is -1.33. The summed E-state index contributed by atoms with van der Waals surface area (Å²) in [7, 11) is 0. The van der Waals surface area contributed by atoms with Gasteiger partial charge in [-0.15, -0.1) is 0 Å². The number of carbonyl (C=O) groups is 1. The van der Waals surface area contributed by atoms with E-state index < -0.39 is 30.1 Å². The topological polar surface area (TPSA) is 130 Å². The van der Waals surface area contributed by atoms with Crippen LogP contribution in [0.15, 0.2) is 17.4 Å². The maximum Gasteiger partial charge on any atom is 0.278 e. The number of hydrogen-bond donors (Lipinski definition) is 3. The lowest BCUT2D eigenvalue weighted by Gasteiger charge is -2.15. The van der Waals surface area contributed by atoms with Gasteiger partial charge in [-0.1, -0.05) is 0 Å². The summed E-state index contributed by atoms with van der Waals surface area (Å²) in [5.41, 5.74) is -0.141. The summed E-state index contributed by atoms with van der Waals surface area (Å²) < 4.78 is 6.54. The number of nitrogens with zero attached hydrogens (tertiary/aromatic N) is 3.